The molecule has 2 aromatic rings. The average molecular weight is 726 g/mol. The number of aromatic hydroxyl groups is 1. The highest BCUT2D eigenvalue weighted by Crippen LogP contribution is 2.58. The lowest BCUT2D eigenvalue weighted by molar-refractivity contribution is -0.143. The fourth-order valence-electron chi connectivity index (χ4n) is 7.07. The maximum absolute atomic E-state index is 14.1. The number of hydrogen-bond acceptors (Lipinski definition) is 7. The summed E-state index contributed by atoms with van der Waals surface area (Å²) < 4.78 is 93.0. The monoisotopic (exact) mass is 725 g/mol. The second kappa shape index (κ2) is 11.1. The number of phenolic OH excluding ortho intramolecular Hbond substituents is 1. The molecule has 2 aromatic carbocycles. The van der Waals surface area contributed by atoms with Crippen molar-refractivity contribution in [3.63, 3.8) is 0 Å². The zero-order valence-corrected chi connectivity index (χ0v) is 25.8. The van der Waals surface area contributed by atoms with Crippen molar-refractivity contribution in [1.82, 2.24) is 0 Å². The van der Waals surface area contributed by atoms with Gasteiger partial charge in [-0.05, 0) is 52.9 Å². The standard InChI is InChI=1S/C32H22BrF6NO7/c1-46-22-8-15(41)9-23(47-2)27(22)26-16-3-4-17-24(18(16)10-19-25(26)21(42)11-20(33)28(19)43)30(45)40(29(17)44)14-6-12(31(34,35)36)5-13(7-14)32(37,38)39/h3,5-9,11,17-18,24,26,41H,4,10H2,1-2H3/t17-,18+,24-,26-/m0/s1. The van der Waals surface area contributed by atoms with E-state index in [-0.39, 0.29) is 57.3 Å². The highest BCUT2D eigenvalue weighted by Gasteiger charge is 2.57. The number of fused-ring (bicyclic) bond motifs is 3. The molecule has 1 N–H and O–H groups in total. The predicted molar refractivity (Wildman–Crippen MR) is 155 cm³/mol. The van der Waals surface area contributed by atoms with Gasteiger partial charge >= 0.3 is 12.4 Å². The number of amides is 2. The first-order valence-corrected chi connectivity index (χ1v) is 14.8. The van der Waals surface area contributed by atoms with Crippen molar-refractivity contribution in [2.45, 2.75) is 31.1 Å². The van der Waals surface area contributed by atoms with Crippen LogP contribution in [0.2, 0.25) is 0 Å². The van der Waals surface area contributed by atoms with Crippen molar-refractivity contribution in [2.75, 3.05) is 19.1 Å². The van der Waals surface area contributed by atoms with Crippen LogP contribution in [-0.4, -0.2) is 42.7 Å². The van der Waals surface area contributed by atoms with Gasteiger partial charge in [0.15, 0.2) is 11.6 Å². The largest absolute Gasteiger partial charge is 0.508 e. The minimum Gasteiger partial charge on any atom is -0.508 e. The maximum Gasteiger partial charge on any atom is 0.416 e. The Hall–Kier alpha value is -4.40. The number of ketones is 2. The van der Waals surface area contributed by atoms with Gasteiger partial charge in [-0.2, -0.15) is 26.3 Å². The highest BCUT2D eigenvalue weighted by atomic mass is 79.9. The van der Waals surface area contributed by atoms with Gasteiger partial charge in [0.25, 0.3) is 0 Å². The lowest BCUT2D eigenvalue weighted by Gasteiger charge is -2.42. The first kappa shape index (κ1) is 32.5. The Morgan fingerprint density at radius 1 is 0.851 bits per heavy atom. The van der Waals surface area contributed by atoms with Gasteiger partial charge in [-0.1, -0.05) is 11.6 Å². The third kappa shape index (κ3) is 5.15. The number of methoxy groups -OCH3 is 2. The van der Waals surface area contributed by atoms with Crippen molar-refractivity contribution in [1.29, 1.82) is 0 Å². The molecular formula is C32H22BrF6NO7. The smallest absolute Gasteiger partial charge is 0.416 e. The molecule has 0 saturated carbocycles. The summed E-state index contributed by atoms with van der Waals surface area (Å²) in [6.45, 7) is 0. The van der Waals surface area contributed by atoms with Gasteiger partial charge in [0.2, 0.25) is 11.8 Å². The first-order valence-electron chi connectivity index (χ1n) is 14.0. The number of rotatable bonds is 4. The van der Waals surface area contributed by atoms with E-state index >= 15 is 0 Å². The fraction of sp³-hybridized carbons (Fsp3) is 0.312. The molecule has 0 bridgehead atoms. The molecule has 0 radical (unpaired) electrons. The number of halogens is 7. The molecule has 4 aliphatic rings. The Kier molecular flexibility index (Phi) is 7.68. The van der Waals surface area contributed by atoms with Gasteiger partial charge < -0.3 is 14.6 Å². The van der Waals surface area contributed by atoms with E-state index in [1.807, 2.05) is 0 Å². The molecule has 3 aliphatic carbocycles. The van der Waals surface area contributed by atoms with E-state index in [0.29, 0.717) is 22.6 Å². The van der Waals surface area contributed by atoms with E-state index in [0.717, 1.165) is 6.08 Å². The minimum absolute atomic E-state index is 0.00600. The van der Waals surface area contributed by atoms with Gasteiger partial charge in [-0.15, -0.1) is 0 Å². The zero-order chi connectivity index (χ0) is 34.3. The van der Waals surface area contributed by atoms with Crippen LogP contribution >= 0.6 is 15.9 Å². The number of allylic oxidation sites excluding steroid dienone is 6. The Bertz CT molecular complexity index is 1820. The fourth-order valence-corrected chi connectivity index (χ4v) is 7.52. The van der Waals surface area contributed by atoms with Gasteiger partial charge in [0.05, 0.1) is 47.4 Å². The van der Waals surface area contributed by atoms with E-state index in [1.165, 1.54) is 26.4 Å². The lowest BCUT2D eigenvalue weighted by Crippen LogP contribution is -2.39. The molecule has 15 heteroatoms. The quantitative estimate of drug-likeness (QED) is 0.168. The summed E-state index contributed by atoms with van der Waals surface area (Å²) in [5.74, 6) is -7.84. The molecule has 1 fully saturated rings. The Labute approximate surface area is 270 Å². The predicted octanol–water partition coefficient (Wildman–Crippen LogP) is 6.41. The number of imide groups is 1. The maximum atomic E-state index is 14.1. The molecule has 4 atom stereocenters. The molecule has 47 heavy (non-hydrogen) atoms. The molecule has 246 valence electrons. The molecule has 0 spiro atoms. The van der Waals surface area contributed by atoms with Crippen LogP contribution in [0.5, 0.6) is 17.2 Å². The van der Waals surface area contributed by atoms with Crippen LogP contribution in [0.3, 0.4) is 0 Å². The van der Waals surface area contributed by atoms with Crippen LogP contribution < -0.4 is 14.4 Å². The third-order valence-corrected chi connectivity index (χ3v) is 9.57. The second-order valence-electron chi connectivity index (χ2n) is 11.4. The van der Waals surface area contributed by atoms with Crippen molar-refractivity contribution >= 4 is 45.0 Å². The number of ether oxygens (including phenoxy) is 2. The molecule has 1 saturated heterocycles. The second-order valence-corrected chi connectivity index (χ2v) is 12.3. The summed E-state index contributed by atoms with van der Waals surface area (Å²) in [6, 6.07) is 3.05. The summed E-state index contributed by atoms with van der Waals surface area (Å²) >= 11 is 3.10. The van der Waals surface area contributed by atoms with Crippen LogP contribution in [0, 0.1) is 17.8 Å². The summed E-state index contributed by atoms with van der Waals surface area (Å²) in [4.78, 5) is 55.1. The first-order chi connectivity index (χ1) is 22.0. The van der Waals surface area contributed by atoms with E-state index in [4.69, 9.17) is 9.47 Å². The molecule has 1 heterocycles. The van der Waals surface area contributed by atoms with Crippen LogP contribution in [0.15, 0.2) is 63.7 Å². The van der Waals surface area contributed by atoms with Gasteiger partial charge in [-0.25, -0.2) is 4.90 Å². The molecule has 6 rings (SSSR count). The van der Waals surface area contributed by atoms with Crippen LogP contribution in [-0.2, 0) is 31.5 Å². The number of benzene rings is 2. The highest BCUT2D eigenvalue weighted by molar-refractivity contribution is 9.12. The van der Waals surface area contributed by atoms with Crippen molar-refractivity contribution in [3.05, 3.63) is 80.4 Å². The van der Waals surface area contributed by atoms with Crippen molar-refractivity contribution in [2.24, 2.45) is 17.8 Å². The normalized spacial score (nSPS) is 24.5. The number of phenols is 1. The summed E-state index contributed by atoms with van der Waals surface area (Å²) in [7, 11) is 2.59. The number of nitrogens with zero attached hydrogens (tertiary/aromatic N) is 1. The van der Waals surface area contributed by atoms with Crippen LogP contribution in [0.1, 0.15) is 35.4 Å². The average Bonchev–Trinajstić information content (AvgIpc) is 3.26. The lowest BCUT2D eigenvalue weighted by atomic mass is 9.59. The molecular weight excluding hydrogens is 704 g/mol. The van der Waals surface area contributed by atoms with Crippen molar-refractivity contribution < 1.29 is 60.1 Å². The third-order valence-electron chi connectivity index (χ3n) is 8.98. The van der Waals surface area contributed by atoms with Crippen molar-refractivity contribution in [3.8, 4) is 17.2 Å². The Morgan fingerprint density at radius 3 is 1.96 bits per heavy atom. The molecule has 8 nitrogen and oxygen atoms in total. The van der Waals surface area contributed by atoms with Crippen LogP contribution in [0.4, 0.5) is 32.0 Å². The van der Waals surface area contributed by atoms with E-state index in [2.05, 4.69) is 15.9 Å². The van der Waals surface area contributed by atoms with Gasteiger partial charge in [0.1, 0.15) is 17.2 Å². The van der Waals surface area contributed by atoms with E-state index in [1.54, 1.807) is 6.08 Å². The number of anilines is 1. The topological polar surface area (TPSA) is 110 Å². The zero-order valence-electron chi connectivity index (χ0n) is 24.3. The summed E-state index contributed by atoms with van der Waals surface area (Å²) in [5, 5.41) is 10.3. The number of alkyl halides is 6. The Morgan fingerprint density at radius 2 is 1.43 bits per heavy atom. The summed E-state index contributed by atoms with van der Waals surface area (Å²) in [6.07, 6.45) is -8.12. The SMILES string of the molecule is COc1cc(O)cc(OC)c1[C@H]1C2=CC[C@@H]3C(=O)N(c4cc(C(F)(F)F)cc(C(F)(F)F)c4)C(=O)[C@@H]3[C@@H]2CC2=C1C(=O)C=C(Br)C2=O. The minimum atomic E-state index is -5.22. The van der Waals surface area contributed by atoms with E-state index in [9.17, 15) is 50.6 Å². The summed E-state index contributed by atoms with van der Waals surface area (Å²) in [5.41, 5.74) is -3.60. The number of carbonyl (C=O) groups excluding carboxylic acids is 4. The van der Waals surface area contributed by atoms with Gasteiger partial charge in [0, 0.05) is 40.8 Å². The van der Waals surface area contributed by atoms with Gasteiger partial charge in [-0.3, -0.25) is 19.2 Å². The van der Waals surface area contributed by atoms with Crippen LogP contribution in [0.25, 0.3) is 0 Å². The van der Waals surface area contributed by atoms with E-state index < -0.39 is 76.2 Å². The number of hydrogen-bond donors (Lipinski definition) is 1. The molecule has 0 unspecified atom stereocenters. The molecule has 2 amide bonds. The number of carbonyl (C=O) groups is 4. The molecule has 0 aromatic heterocycles. The Balaban J connectivity index is 1.52. The number of Topliss-reactive ketones (excluding diaryl/α,β-unsaturated/α-hetero) is 1. The molecule has 1 aliphatic heterocycles.